The lowest BCUT2D eigenvalue weighted by atomic mass is 10.1. The van der Waals surface area contributed by atoms with Gasteiger partial charge >= 0.3 is 6.03 Å². The number of anilines is 1. The van der Waals surface area contributed by atoms with Crippen molar-refractivity contribution in [2.24, 2.45) is 0 Å². The van der Waals surface area contributed by atoms with Crippen LogP contribution in [0.1, 0.15) is 12.5 Å². The number of carbonyl (C=O) groups excluding carboxylic acids is 1. The summed E-state index contributed by atoms with van der Waals surface area (Å²) in [5, 5.41) is 7.36. The monoisotopic (exact) mass is 342 g/mol. The first-order chi connectivity index (χ1) is 11.7. The van der Waals surface area contributed by atoms with E-state index < -0.39 is 0 Å². The van der Waals surface area contributed by atoms with E-state index in [0.717, 1.165) is 24.0 Å². The van der Waals surface area contributed by atoms with Crippen LogP contribution >= 0.6 is 11.6 Å². The Labute approximate surface area is 145 Å². The largest absolute Gasteiger partial charge is 0.338 e. The molecule has 1 aromatic carbocycles. The highest BCUT2D eigenvalue weighted by Crippen LogP contribution is 2.19. The maximum Gasteiger partial charge on any atom is 0.319 e. The van der Waals surface area contributed by atoms with Crippen molar-refractivity contribution >= 4 is 34.4 Å². The Hall–Kier alpha value is -2.53. The predicted octanol–water partition coefficient (Wildman–Crippen LogP) is 4.07. The van der Waals surface area contributed by atoms with Crippen LogP contribution in [0.5, 0.6) is 0 Å². The van der Waals surface area contributed by atoms with E-state index in [0.29, 0.717) is 17.3 Å². The highest BCUT2D eigenvalue weighted by atomic mass is 35.5. The molecular weight excluding hydrogens is 324 g/mol. The van der Waals surface area contributed by atoms with Gasteiger partial charge in [-0.1, -0.05) is 17.7 Å². The fraction of sp³-hybridized carbons (Fsp3) is 0.222. The third-order valence-electron chi connectivity index (χ3n) is 3.82. The molecule has 0 saturated heterocycles. The normalized spacial score (nSPS) is 10.8. The van der Waals surface area contributed by atoms with Gasteiger partial charge in [-0.05, 0) is 49.2 Å². The van der Waals surface area contributed by atoms with Crippen LogP contribution in [0.2, 0.25) is 5.02 Å². The van der Waals surface area contributed by atoms with E-state index in [1.807, 2.05) is 6.07 Å². The highest BCUT2D eigenvalue weighted by molar-refractivity contribution is 6.30. The van der Waals surface area contributed by atoms with Crippen LogP contribution in [-0.4, -0.2) is 22.1 Å². The molecule has 0 spiro atoms. The molecule has 0 fully saturated rings. The van der Waals surface area contributed by atoms with Crippen molar-refractivity contribution in [2.45, 2.75) is 19.9 Å². The molecule has 0 bridgehead atoms. The molecule has 0 aliphatic carbocycles. The van der Waals surface area contributed by atoms with Gasteiger partial charge in [-0.3, -0.25) is 0 Å². The lowest BCUT2D eigenvalue weighted by molar-refractivity contribution is 0.252. The number of aryl methyl sites for hydroxylation is 1. The molecule has 0 aliphatic heterocycles. The van der Waals surface area contributed by atoms with Gasteiger partial charge in [0.25, 0.3) is 0 Å². The molecule has 3 rings (SSSR count). The number of halogens is 1. The summed E-state index contributed by atoms with van der Waals surface area (Å²) in [6, 6.07) is 10.8. The average Bonchev–Trinajstić information content (AvgIpc) is 2.93. The molecule has 0 atom stereocenters. The SMILES string of the molecule is CCn1cc(CCNC(=O)Nc2cccc(Cl)c2)c2cccnc21. The Morgan fingerprint density at radius 1 is 1.29 bits per heavy atom. The van der Waals surface area contributed by atoms with E-state index in [-0.39, 0.29) is 6.03 Å². The molecular formula is C18H19ClN4O. The number of nitrogens with one attached hydrogen (secondary N) is 2. The molecule has 2 amide bonds. The molecule has 3 aromatic rings. The summed E-state index contributed by atoms with van der Waals surface area (Å²) in [4.78, 5) is 16.4. The van der Waals surface area contributed by atoms with E-state index in [9.17, 15) is 4.79 Å². The van der Waals surface area contributed by atoms with Crippen LogP contribution in [0, 0.1) is 0 Å². The molecule has 24 heavy (non-hydrogen) atoms. The zero-order valence-corrected chi connectivity index (χ0v) is 14.2. The predicted molar refractivity (Wildman–Crippen MR) is 97.6 cm³/mol. The van der Waals surface area contributed by atoms with E-state index >= 15 is 0 Å². The lowest BCUT2D eigenvalue weighted by Crippen LogP contribution is -2.30. The number of hydrogen-bond acceptors (Lipinski definition) is 2. The second-order valence-electron chi connectivity index (χ2n) is 5.46. The van der Waals surface area contributed by atoms with Gasteiger partial charge in [-0.15, -0.1) is 0 Å². The van der Waals surface area contributed by atoms with Gasteiger partial charge in [0, 0.05) is 41.6 Å². The summed E-state index contributed by atoms with van der Waals surface area (Å²) in [5.74, 6) is 0. The standard InChI is InChI=1S/C18H19ClN4O/c1-2-23-12-13(16-7-4-9-20-17(16)23)8-10-21-18(24)22-15-6-3-5-14(19)11-15/h3-7,9,11-12H,2,8,10H2,1H3,(H2,21,22,24). The lowest BCUT2D eigenvalue weighted by Gasteiger charge is -2.07. The molecule has 0 saturated carbocycles. The van der Waals surface area contributed by atoms with Crippen molar-refractivity contribution in [2.75, 3.05) is 11.9 Å². The minimum absolute atomic E-state index is 0.241. The summed E-state index contributed by atoms with van der Waals surface area (Å²) >= 11 is 5.90. The van der Waals surface area contributed by atoms with Crippen LogP contribution in [0.25, 0.3) is 11.0 Å². The second kappa shape index (κ2) is 7.36. The Morgan fingerprint density at radius 3 is 2.96 bits per heavy atom. The van der Waals surface area contributed by atoms with Gasteiger partial charge < -0.3 is 15.2 Å². The number of hydrogen-bond donors (Lipinski definition) is 2. The van der Waals surface area contributed by atoms with Crippen LogP contribution in [0.15, 0.2) is 48.8 Å². The van der Waals surface area contributed by atoms with Crippen molar-refractivity contribution in [3.8, 4) is 0 Å². The summed E-state index contributed by atoms with van der Waals surface area (Å²) in [7, 11) is 0. The number of fused-ring (bicyclic) bond motifs is 1. The molecule has 124 valence electrons. The van der Waals surface area contributed by atoms with E-state index in [1.54, 1.807) is 30.5 Å². The minimum Gasteiger partial charge on any atom is -0.338 e. The van der Waals surface area contributed by atoms with E-state index in [2.05, 4.69) is 39.4 Å². The second-order valence-corrected chi connectivity index (χ2v) is 5.89. The molecule has 5 nitrogen and oxygen atoms in total. The smallest absolute Gasteiger partial charge is 0.319 e. The molecule has 0 radical (unpaired) electrons. The zero-order valence-electron chi connectivity index (χ0n) is 13.4. The van der Waals surface area contributed by atoms with Gasteiger partial charge in [0.05, 0.1) is 0 Å². The minimum atomic E-state index is -0.241. The first kappa shape index (κ1) is 16.3. The summed E-state index contributed by atoms with van der Waals surface area (Å²) < 4.78 is 2.12. The first-order valence-corrected chi connectivity index (χ1v) is 8.28. The van der Waals surface area contributed by atoms with Crippen molar-refractivity contribution < 1.29 is 4.79 Å². The first-order valence-electron chi connectivity index (χ1n) is 7.90. The van der Waals surface area contributed by atoms with Gasteiger partial charge in [0.2, 0.25) is 0 Å². The number of aromatic nitrogens is 2. The van der Waals surface area contributed by atoms with Crippen LogP contribution in [0.4, 0.5) is 10.5 Å². The number of carbonyl (C=O) groups is 1. The Kier molecular flexibility index (Phi) is 5.01. The number of benzene rings is 1. The highest BCUT2D eigenvalue weighted by Gasteiger charge is 2.09. The van der Waals surface area contributed by atoms with Gasteiger partial charge in [-0.25, -0.2) is 9.78 Å². The van der Waals surface area contributed by atoms with Gasteiger partial charge in [0.1, 0.15) is 5.65 Å². The quantitative estimate of drug-likeness (QED) is 0.734. The van der Waals surface area contributed by atoms with Crippen molar-refractivity contribution in [3.63, 3.8) is 0 Å². The Balaban J connectivity index is 1.59. The Bertz CT molecular complexity index is 859. The maximum absolute atomic E-state index is 12.0. The van der Waals surface area contributed by atoms with Gasteiger partial charge in [0.15, 0.2) is 0 Å². The van der Waals surface area contributed by atoms with Crippen molar-refractivity contribution in [3.05, 3.63) is 59.4 Å². The van der Waals surface area contributed by atoms with Crippen LogP contribution < -0.4 is 10.6 Å². The third-order valence-corrected chi connectivity index (χ3v) is 4.05. The number of amides is 2. The van der Waals surface area contributed by atoms with E-state index in [1.165, 1.54) is 5.56 Å². The summed E-state index contributed by atoms with van der Waals surface area (Å²) in [6.45, 7) is 3.51. The molecule has 2 N–H and O–H groups in total. The van der Waals surface area contributed by atoms with Crippen molar-refractivity contribution in [1.82, 2.24) is 14.9 Å². The average molecular weight is 343 g/mol. The molecule has 0 aliphatic rings. The van der Waals surface area contributed by atoms with Gasteiger partial charge in [-0.2, -0.15) is 0 Å². The Morgan fingerprint density at radius 2 is 2.17 bits per heavy atom. The summed E-state index contributed by atoms with van der Waals surface area (Å²) in [5.41, 5.74) is 2.84. The fourth-order valence-corrected chi connectivity index (χ4v) is 2.88. The molecule has 2 aromatic heterocycles. The van der Waals surface area contributed by atoms with Crippen LogP contribution in [0.3, 0.4) is 0 Å². The molecule has 0 unspecified atom stereocenters. The fourth-order valence-electron chi connectivity index (χ4n) is 2.69. The topological polar surface area (TPSA) is 59.0 Å². The third kappa shape index (κ3) is 3.68. The molecule has 2 heterocycles. The summed E-state index contributed by atoms with van der Waals surface area (Å²) in [6.07, 6.45) is 4.65. The van der Waals surface area contributed by atoms with Crippen molar-refractivity contribution in [1.29, 1.82) is 0 Å². The van der Waals surface area contributed by atoms with Crippen LogP contribution in [-0.2, 0) is 13.0 Å². The number of nitrogens with zero attached hydrogens (tertiary/aromatic N) is 2. The zero-order chi connectivity index (χ0) is 16.9. The number of pyridine rings is 1. The maximum atomic E-state index is 12.0. The number of rotatable bonds is 5. The van der Waals surface area contributed by atoms with E-state index in [4.69, 9.17) is 11.6 Å². The molecule has 6 heteroatoms. The number of urea groups is 1.